The predicted octanol–water partition coefficient (Wildman–Crippen LogP) is 4.22. The lowest BCUT2D eigenvalue weighted by molar-refractivity contribution is 0.411. The van der Waals surface area contributed by atoms with Gasteiger partial charge in [0, 0.05) is 26.9 Å². The Bertz CT molecular complexity index is 545. The molecule has 0 aromatic heterocycles. The van der Waals surface area contributed by atoms with Crippen LogP contribution < -0.4 is 10.5 Å². The number of methoxy groups -OCH3 is 1. The molecule has 0 fully saturated rings. The van der Waals surface area contributed by atoms with Gasteiger partial charge in [0.15, 0.2) is 0 Å². The molecule has 0 saturated heterocycles. The lowest BCUT2D eigenvalue weighted by atomic mass is 10.2. The molecule has 0 radical (unpaired) electrons. The molecular formula is C14H14ClNOS. The molecule has 0 aliphatic rings. The second-order valence-corrected chi connectivity index (χ2v) is 5.30. The number of rotatable bonds is 4. The fourth-order valence-electron chi connectivity index (χ4n) is 1.63. The van der Waals surface area contributed by atoms with E-state index in [-0.39, 0.29) is 0 Å². The van der Waals surface area contributed by atoms with Crippen molar-refractivity contribution in [1.29, 1.82) is 0 Å². The molecule has 0 saturated carbocycles. The summed E-state index contributed by atoms with van der Waals surface area (Å²) in [5.74, 6) is 1.66. The maximum atomic E-state index is 6.00. The number of nitrogen functional groups attached to an aromatic ring is 1. The van der Waals surface area contributed by atoms with Gasteiger partial charge in [0.1, 0.15) is 5.75 Å². The van der Waals surface area contributed by atoms with Crippen molar-refractivity contribution in [3.63, 3.8) is 0 Å². The number of hydrogen-bond donors (Lipinski definition) is 1. The minimum atomic E-state index is 0.721. The monoisotopic (exact) mass is 279 g/mol. The van der Waals surface area contributed by atoms with E-state index in [1.54, 1.807) is 18.9 Å². The summed E-state index contributed by atoms with van der Waals surface area (Å²) in [5, 5.41) is 0.721. The maximum Gasteiger partial charge on any atom is 0.123 e. The average molecular weight is 280 g/mol. The largest absolute Gasteiger partial charge is 0.496 e. The molecule has 0 amide bonds. The Labute approximate surface area is 116 Å². The zero-order valence-corrected chi connectivity index (χ0v) is 11.6. The van der Waals surface area contributed by atoms with Crippen LogP contribution in [0.25, 0.3) is 0 Å². The quantitative estimate of drug-likeness (QED) is 0.672. The highest BCUT2D eigenvalue weighted by Gasteiger charge is 2.05. The van der Waals surface area contributed by atoms with Crippen molar-refractivity contribution in [3.8, 4) is 5.75 Å². The Morgan fingerprint density at radius 2 is 2.06 bits per heavy atom. The zero-order valence-electron chi connectivity index (χ0n) is 10.0. The smallest absolute Gasteiger partial charge is 0.123 e. The first kappa shape index (κ1) is 13.1. The third-order valence-electron chi connectivity index (χ3n) is 2.49. The molecule has 18 heavy (non-hydrogen) atoms. The van der Waals surface area contributed by atoms with Crippen molar-refractivity contribution in [1.82, 2.24) is 0 Å². The highest BCUT2D eigenvalue weighted by atomic mass is 35.5. The summed E-state index contributed by atoms with van der Waals surface area (Å²) < 4.78 is 5.32. The van der Waals surface area contributed by atoms with Crippen LogP contribution in [0.15, 0.2) is 47.4 Å². The zero-order chi connectivity index (χ0) is 13.0. The molecule has 0 spiro atoms. The maximum absolute atomic E-state index is 6.00. The number of benzene rings is 2. The molecule has 0 unspecified atom stereocenters. The minimum absolute atomic E-state index is 0.721. The fraction of sp³-hybridized carbons (Fsp3) is 0.143. The number of thioether (sulfide) groups is 1. The van der Waals surface area contributed by atoms with Crippen LogP contribution in [0.1, 0.15) is 5.56 Å². The van der Waals surface area contributed by atoms with Gasteiger partial charge in [0.2, 0.25) is 0 Å². The molecule has 2 N–H and O–H groups in total. The van der Waals surface area contributed by atoms with E-state index in [1.165, 1.54) is 0 Å². The van der Waals surface area contributed by atoms with Crippen LogP contribution in [-0.4, -0.2) is 7.11 Å². The number of anilines is 1. The molecule has 2 nitrogen and oxygen atoms in total. The summed E-state index contributed by atoms with van der Waals surface area (Å²) in [5.41, 5.74) is 7.61. The lowest BCUT2D eigenvalue weighted by Gasteiger charge is -2.09. The van der Waals surface area contributed by atoms with E-state index >= 15 is 0 Å². The molecule has 2 rings (SSSR count). The highest BCUT2D eigenvalue weighted by molar-refractivity contribution is 7.98. The van der Waals surface area contributed by atoms with Gasteiger partial charge in [-0.25, -0.2) is 0 Å². The van der Waals surface area contributed by atoms with Crippen LogP contribution in [0, 0.1) is 0 Å². The second-order valence-electron chi connectivity index (χ2n) is 3.82. The van der Waals surface area contributed by atoms with E-state index in [9.17, 15) is 0 Å². The average Bonchev–Trinajstić information content (AvgIpc) is 2.37. The molecule has 2 aromatic carbocycles. The topological polar surface area (TPSA) is 35.2 Å². The normalized spacial score (nSPS) is 10.3. The van der Waals surface area contributed by atoms with Crippen LogP contribution in [0.2, 0.25) is 5.02 Å². The Kier molecular flexibility index (Phi) is 4.39. The summed E-state index contributed by atoms with van der Waals surface area (Å²) in [6.07, 6.45) is 0. The number of nitrogens with two attached hydrogens (primary N) is 1. The van der Waals surface area contributed by atoms with E-state index in [1.807, 2.05) is 42.5 Å². The molecule has 0 heterocycles. The van der Waals surface area contributed by atoms with Gasteiger partial charge in [-0.05, 0) is 36.4 Å². The van der Waals surface area contributed by atoms with Gasteiger partial charge >= 0.3 is 0 Å². The number of hydrogen-bond acceptors (Lipinski definition) is 3. The molecule has 4 heteroatoms. The summed E-state index contributed by atoms with van der Waals surface area (Å²) in [7, 11) is 1.66. The minimum Gasteiger partial charge on any atom is -0.496 e. The molecular weight excluding hydrogens is 266 g/mol. The highest BCUT2D eigenvalue weighted by Crippen LogP contribution is 2.30. The molecule has 94 valence electrons. The predicted molar refractivity (Wildman–Crippen MR) is 78.4 cm³/mol. The van der Waals surface area contributed by atoms with Crippen molar-refractivity contribution in [2.24, 2.45) is 0 Å². The number of halogens is 1. The van der Waals surface area contributed by atoms with E-state index in [4.69, 9.17) is 22.1 Å². The molecule has 2 aromatic rings. The molecule has 0 aliphatic heterocycles. The van der Waals surface area contributed by atoms with Gasteiger partial charge in [-0.2, -0.15) is 0 Å². The lowest BCUT2D eigenvalue weighted by Crippen LogP contribution is -1.90. The van der Waals surface area contributed by atoms with Crippen LogP contribution in [0.4, 0.5) is 5.69 Å². The third kappa shape index (κ3) is 3.34. The number of ether oxygens (including phenoxy) is 1. The first-order chi connectivity index (χ1) is 8.69. The van der Waals surface area contributed by atoms with Crippen LogP contribution >= 0.6 is 23.4 Å². The van der Waals surface area contributed by atoms with Crippen molar-refractivity contribution in [2.45, 2.75) is 10.6 Å². The van der Waals surface area contributed by atoms with Gasteiger partial charge in [-0.15, -0.1) is 11.8 Å². The fourth-order valence-corrected chi connectivity index (χ4v) is 2.76. The first-order valence-electron chi connectivity index (χ1n) is 5.50. The molecule has 0 bridgehead atoms. The summed E-state index contributed by atoms with van der Waals surface area (Å²) >= 11 is 7.70. The Balaban J connectivity index is 2.12. The van der Waals surface area contributed by atoms with Crippen molar-refractivity contribution < 1.29 is 4.74 Å². The van der Waals surface area contributed by atoms with Crippen molar-refractivity contribution in [3.05, 3.63) is 53.1 Å². The summed E-state index contributed by atoms with van der Waals surface area (Å²) in [6.45, 7) is 0. The van der Waals surface area contributed by atoms with Gasteiger partial charge in [-0.3, -0.25) is 0 Å². The van der Waals surface area contributed by atoms with E-state index < -0.39 is 0 Å². The molecule has 0 atom stereocenters. The second kappa shape index (κ2) is 6.03. The van der Waals surface area contributed by atoms with Crippen molar-refractivity contribution >= 4 is 29.1 Å². The van der Waals surface area contributed by atoms with Gasteiger partial charge in [0.05, 0.1) is 7.11 Å². The SMILES string of the molecule is COc1ccc(Cl)cc1CSc1cccc(N)c1. The van der Waals surface area contributed by atoms with Gasteiger partial charge in [0.25, 0.3) is 0 Å². The van der Waals surface area contributed by atoms with Gasteiger partial charge < -0.3 is 10.5 Å². The van der Waals surface area contributed by atoms with Crippen LogP contribution in [0.3, 0.4) is 0 Å². The summed E-state index contributed by atoms with van der Waals surface area (Å²) in [4.78, 5) is 1.14. The third-order valence-corrected chi connectivity index (χ3v) is 3.77. The Hall–Kier alpha value is -1.32. The Morgan fingerprint density at radius 1 is 1.22 bits per heavy atom. The van der Waals surface area contributed by atoms with Crippen molar-refractivity contribution in [2.75, 3.05) is 12.8 Å². The standard InChI is InChI=1S/C14H14ClNOS/c1-17-14-6-5-11(15)7-10(14)9-18-13-4-2-3-12(16)8-13/h2-8H,9,16H2,1H3. The first-order valence-corrected chi connectivity index (χ1v) is 6.86. The van der Waals surface area contributed by atoms with Crippen LogP contribution in [-0.2, 0) is 5.75 Å². The van der Waals surface area contributed by atoms with Gasteiger partial charge in [-0.1, -0.05) is 17.7 Å². The van der Waals surface area contributed by atoms with E-state index in [0.717, 1.165) is 32.7 Å². The Morgan fingerprint density at radius 3 is 2.78 bits per heavy atom. The summed E-state index contributed by atoms with van der Waals surface area (Å²) in [6, 6.07) is 13.5. The molecule has 0 aliphatic carbocycles. The van der Waals surface area contributed by atoms with Crippen LogP contribution in [0.5, 0.6) is 5.75 Å². The van der Waals surface area contributed by atoms with E-state index in [0.29, 0.717) is 0 Å². The van der Waals surface area contributed by atoms with E-state index in [2.05, 4.69) is 0 Å².